The summed E-state index contributed by atoms with van der Waals surface area (Å²) in [5.74, 6) is -0.930. The lowest BCUT2D eigenvalue weighted by Gasteiger charge is -2.20. The third-order valence-corrected chi connectivity index (χ3v) is 7.94. The fourth-order valence-electron chi connectivity index (χ4n) is 2.95. The maximum absolute atomic E-state index is 13.9. The van der Waals surface area contributed by atoms with E-state index in [0.29, 0.717) is 13.0 Å². The van der Waals surface area contributed by atoms with E-state index in [4.69, 9.17) is 11.6 Å². The quantitative estimate of drug-likeness (QED) is 0.791. The maximum atomic E-state index is 13.9. The van der Waals surface area contributed by atoms with E-state index in [1.165, 1.54) is 34.4 Å². The van der Waals surface area contributed by atoms with Crippen LogP contribution >= 0.6 is 22.9 Å². The van der Waals surface area contributed by atoms with Crippen LogP contribution in [0.1, 0.15) is 22.1 Å². The summed E-state index contributed by atoms with van der Waals surface area (Å²) in [6.45, 7) is 0.446. The molecule has 0 N–H and O–H groups in total. The van der Waals surface area contributed by atoms with Crippen molar-refractivity contribution in [1.29, 1.82) is 0 Å². The number of carbonyl (C=O) groups excluding carboxylic acids is 1. The summed E-state index contributed by atoms with van der Waals surface area (Å²) in [4.78, 5) is 14.8. The molecule has 0 unspecified atom stereocenters. The first kappa shape index (κ1) is 18.4. The molecule has 1 saturated heterocycles. The fourth-order valence-corrected chi connectivity index (χ4v) is 6.19. The summed E-state index contributed by atoms with van der Waals surface area (Å²) < 4.78 is 38.9. The first-order chi connectivity index (χ1) is 11.9. The van der Waals surface area contributed by atoms with Gasteiger partial charge in [-0.1, -0.05) is 23.7 Å². The van der Waals surface area contributed by atoms with Crippen molar-refractivity contribution >= 4 is 38.7 Å². The number of thiophene rings is 1. The largest absolute Gasteiger partial charge is 0.341 e. The molecule has 134 valence electrons. The Morgan fingerprint density at radius 2 is 2.08 bits per heavy atom. The molecule has 1 aliphatic heterocycles. The zero-order chi connectivity index (χ0) is 18.0. The summed E-state index contributed by atoms with van der Waals surface area (Å²) >= 11 is 7.38. The molecule has 1 aromatic heterocycles. The molecule has 1 aromatic carbocycles. The Hall–Kier alpha value is -1.44. The second kappa shape index (κ2) is 7.43. The molecule has 0 spiro atoms. The predicted octanol–water partition coefficient (Wildman–Crippen LogP) is 3.47. The van der Waals surface area contributed by atoms with Crippen LogP contribution in [0.15, 0.2) is 35.7 Å². The highest BCUT2D eigenvalue weighted by atomic mass is 35.5. The number of hydrogen-bond donors (Lipinski definition) is 0. The third kappa shape index (κ3) is 4.04. The van der Waals surface area contributed by atoms with E-state index >= 15 is 0 Å². The average Bonchev–Trinajstić information content (AvgIpc) is 3.02. The molecule has 1 aliphatic rings. The zero-order valence-electron chi connectivity index (χ0n) is 13.3. The van der Waals surface area contributed by atoms with Gasteiger partial charge in [-0.15, -0.1) is 11.3 Å². The smallest absolute Gasteiger partial charge is 0.227 e. The van der Waals surface area contributed by atoms with Crippen molar-refractivity contribution in [2.45, 2.75) is 18.1 Å². The highest BCUT2D eigenvalue weighted by molar-refractivity contribution is 7.91. The van der Waals surface area contributed by atoms with Crippen molar-refractivity contribution < 1.29 is 17.6 Å². The molecular formula is C17H17ClFNO3S2. The highest BCUT2D eigenvalue weighted by Crippen LogP contribution is 2.32. The summed E-state index contributed by atoms with van der Waals surface area (Å²) in [5, 5.41) is 1.47. The van der Waals surface area contributed by atoms with Gasteiger partial charge in [0.15, 0.2) is 9.84 Å². The van der Waals surface area contributed by atoms with Crippen LogP contribution in [0.25, 0.3) is 0 Å². The summed E-state index contributed by atoms with van der Waals surface area (Å²) in [6, 6.07) is 7.91. The predicted molar refractivity (Wildman–Crippen MR) is 97.2 cm³/mol. The van der Waals surface area contributed by atoms with Crippen LogP contribution in [-0.4, -0.2) is 38.1 Å². The maximum Gasteiger partial charge on any atom is 0.227 e. The first-order valence-electron chi connectivity index (χ1n) is 7.84. The van der Waals surface area contributed by atoms with E-state index in [1.807, 2.05) is 17.5 Å². The molecular weight excluding hydrogens is 385 g/mol. The molecule has 3 rings (SSSR count). The van der Waals surface area contributed by atoms with E-state index in [0.717, 1.165) is 4.88 Å². The van der Waals surface area contributed by atoms with Crippen molar-refractivity contribution in [2.75, 3.05) is 18.8 Å². The van der Waals surface area contributed by atoms with E-state index in [9.17, 15) is 17.6 Å². The number of carbonyl (C=O) groups is 1. The minimum Gasteiger partial charge on any atom is -0.341 e. The Kier molecular flexibility index (Phi) is 5.46. The number of rotatable bonds is 3. The van der Waals surface area contributed by atoms with Crippen LogP contribution in [0, 0.1) is 5.82 Å². The van der Waals surface area contributed by atoms with Crippen molar-refractivity contribution in [2.24, 2.45) is 0 Å². The SMILES string of the molecule is O=C(Cc1c(F)cccc1Cl)N1CC[C@@H](c2cccs2)S(=O)(=O)CC1. The molecule has 4 nitrogen and oxygen atoms in total. The van der Waals surface area contributed by atoms with Gasteiger partial charge in [0, 0.05) is 28.6 Å². The number of nitrogens with zero attached hydrogens (tertiary/aromatic N) is 1. The molecule has 2 aromatic rings. The summed E-state index contributed by atoms with van der Waals surface area (Å²) in [5.41, 5.74) is 0.149. The monoisotopic (exact) mass is 401 g/mol. The lowest BCUT2D eigenvalue weighted by atomic mass is 10.1. The molecule has 0 radical (unpaired) electrons. The third-order valence-electron chi connectivity index (χ3n) is 4.34. The van der Waals surface area contributed by atoms with Crippen molar-refractivity contribution in [3.63, 3.8) is 0 Å². The van der Waals surface area contributed by atoms with E-state index in [-0.39, 0.29) is 35.2 Å². The molecule has 8 heteroatoms. The molecule has 2 heterocycles. The summed E-state index contributed by atoms with van der Waals surface area (Å²) in [7, 11) is -3.32. The molecule has 1 fully saturated rings. The second-order valence-corrected chi connectivity index (χ2v) is 9.61. The Morgan fingerprint density at radius 3 is 2.76 bits per heavy atom. The lowest BCUT2D eigenvalue weighted by Crippen LogP contribution is -2.35. The molecule has 1 amide bonds. The normalized spacial score (nSPS) is 20.2. The van der Waals surface area contributed by atoms with Crippen molar-refractivity contribution in [3.8, 4) is 0 Å². The Bertz CT molecular complexity index is 848. The topological polar surface area (TPSA) is 54.5 Å². The molecule has 0 saturated carbocycles. The van der Waals surface area contributed by atoms with Crippen molar-refractivity contribution in [3.05, 3.63) is 57.0 Å². The molecule has 1 atom stereocenters. The minimum absolute atomic E-state index is 0.0910. The van der Waals surface area contributed by atoms with Gasteiger partial charge < -0.3 is 4.90 Å². The van der Waals surface area contributed by atoms with E-state index in [1.54, 1.807) is 0 Å². The van der Waals surface area contributed by atoms with Crippen LogP contribution in [0.5, 0.6) is 0 Å². The minimum atomic E-state index is -3.32. The zero-order valence-corrected chi connectivity index (χ0v) is 15.7. The fraction of sp³-hybridized carbons (Fsp3) is 0.353. The van der Waals surface area contributed by atoms with E-state index < -0.39 is 20.9 Å². The average molecular weight is 402 g/mol. The standard InChI is InChI=1S/C17H17ClFNO3S2/c18-13-3-1-4-14(19)12(13)11-17(21)20-7-6-16(15-5-2-9-24-15)25(22,23)10-8-20/h1-5,9,16H,6-8,10-11H2/t16-/m0/s1. The van der Waals surface area contributed by atoms with Gasteiger partial charge in [-0.2, -0.15) is 0 Å². The Balaban J connectivity index is 1.75. The number of amides is 1. The molecule has 25 heavy (non-hydrogen) atoms. The Morgan fingerprint density at radius 1 is 1.28 bits per heavy atom. The van der Waals surface area contributed by atoms with Crippen LogP contribution in [0.3, 0.4) is 0 Å². The molecule has 0 bridgehead atoms. The summed E-state index contributed by atoms with van der Waals surface area (Å²) in [6.07, 6.45) is 0.175. The highest BCUT2D eigenvalue weighted by Gasteiger charge is 2.33. The van der Waals surface area contributed by atoms with Gasteiger partial charge in [-0.25, -0.2) is 12.8 Å². The number of sulfone groups is 1. The van der Waals surface area contributed by atoms with Crippen LogP contribution in [-0.2, 0) is 21.1 Å². The van der Waals surface area contributed by atoms with Gasteiger partial charge in [0.05, 0.1) is 17.4 Å². The van der Waals surface area contributed by atoms with Gasteiger partial charge in [0.2, 0.25) is 5.91 Å². The van der Waals surface area contributed by atoms with Crippen molar-refractivity contribution in [1.82, 2.24) is 4.90 Å². The van der Waals surface area contributed by atoms with Gasteiger partial charge >= 0.3 is 0 Å². The van der Waals surface area contributed by atoms with Gasteiger partial charge in [-0.3, -0.25) is 4.79 Å². The van der Waals surface area contributed by atoms with Gasteiger partial charge in [0.1, 0.15) is 5.82 Å². The number of hydrogen-bond acceptors (Lipinski definition) is 4. The van der Waals surface area contributed by atoms with Gasteiger partial charge in [0.25, 0.3) is 0 Å². The van der Waals surface area contributed by atoms with Gasteiger partial charge in [-0.05, 0) is 30.0 Å². The first-order valence-corrected chi connectivity index (χ1v) is 10.8. The van der Waals surface area contributed by atoms with E-state index in [2.05, 4.69) is 0 Å². The lowest BCUT2D eigenvalue weighted by molar-refractivity contribution is -0.130. The van der Waals surface area contributed by atoms with Crippen LogP contribution in [0.2, 0.25) is 5.02 Å². The molecule has 0 aliphatic carbocycles. The van der Waals surface area contributed by atoms with Crippen LogP contribution in [0.4, 0.5) is 4.39 Å². The second-order valence-electron chi connectivity index (χ2n) is 5.92. The Labute approximate surface area is 155 Å². The number of halogens is 2. The van der Waals surface area contributed by atoms with Crippen LogP contribution < -0.4 is 0 Å². The number of benzene rings is 1.